The quantitative estimate of drug-likeness (QED) is 0.0395. The number of carbonyl (C=O) groups excluding carboxylic acids is 1. The molecule has 0 aliphatic heterocycles. The molecule has 0 radical (unpaired) electrons. The van der Waals surface area contributed by atoms with Crippen molar-refractivity contribution < 1.29 is 19.4 Å². The lowest BCUT2D eigenvalue weighted by molar-refractivity contribution is -0.154. The van der Waals surface area contributed by atoms with Crippen LogP contribution in [0.25, 0.3) is 0 Å². The first-order valence-corrected chi connectivity index (χ1v) is 21.6. The van der Waals surface area contributed by atoms with Crippen LogP contribution in [-0.4, -0.2) is 37.0 Å². The summed E-state index contributed by atoms with van der Waals surface area (Å²) in [6, 6.07) is 0. The molecule has 1 N–H and O–H groups in total. The maximum Gasteiger partial charge on any atom is 0.306 e. The summed E-state index contributed by atoms with van der Waals surface area (Å²) in [4.78, 5) is 12.2. The normalized spacial score (nSPS) is 12.6. The van der Waals surface area contributed by atoms with Crippen LogP contribution in [0.4, 0.5) is 0 Å². The van der Waals surface area contributed by atoms with Crippen LogP contribution in [0.1, 0.15) is 219 Å². The van der Waals surface area contributed by atoms with E-state index in [1.807, 2.05) is 0 Å². The van der Waals surface area contributed by atoms with Gasteiger partial charge >= 0.3 is 5.97 Å². The predicted molar refractivity (Wildman–Crippen MR) is 214 cm³/mol. The van der Waals surface area contributed by atoms with Crippen molar-refractivity contribution >= 4 is 5.97 Å². The van der Waals surface area contributed by atoms with E-state index in [2.05, 4.69) is 50.3 Å². The highest BCUT2D eigenvalue weighted by molar-refractivity contribution is 5.69. The molecular weight excluding hydrogens is 604 g/mol. The molecule has 0 rings (SSSR count). The van der Waals surface area contributed by atoms with E-state index in [-0.39, 0.29) is 12.6 Å². The number of aliphatic hydroxyl groups excluding tert-OH is 1. The molecule has 0 aliphatic carbocycles. The van der Waals surface area contributed by atoms with Gasteiger partial charge in [-0.2, -0.15) is 0 Å². The molecule has 0 saturated heterocycles. The summed E-state index contributed by atoms with van der Waals surface area (Å²) in [5, 5.41) is 9.59. The monoisotopic (exact) mass is 689 g/mol. The Morgan fingerprint density at radius 2 is 0.857 bits per heavy atom. The summed E-state index contributed by atoms with van der Waals surface area (Å²) in [5.41, 5.74) is 0. The SMILES string of the molecule is CCCCCC/C=C\CCCCCCCCOCC(CO)OC(=O)CCCCCCCCCCCCC/C=C\C/C=C\CCCCCCC. The van der Waals surface area contributed by atoms with Crippen molar-refractivity contribution in [3.63, 3.8) is 0 Å². The number of hydrogen-bond acceptors (Lipinski definition) is 4. The van der Waals surface area contributed by atoms with E-state index in [4.69, 9.17) is 9.47 Å². The molecule has 0 aliphatic rings. The van der Waals surface area contributed by atoms with E-state index >= 15 is 0 Å². The molecule has 0 bridgehead atoms. The second kappa shape index (κ2) is 42.8. The average molecular weight is 689 g/mol. The summed E-state index contributed by atoms with van der Waals surface area (Å²) in [6.45, 7) is 5.33. The van der Waals surface area contributed by atoms with Crippen molar-refractivity contribution in [1.82, 2.24) is 0 Å². The Bertz CT molecular complexity index is 728. The van der Waals surface area contributed by atoms with E-state index < -0.39 is 6.10 Å². The molecule has 1 atom stereocenters. The fourth-order valence-electron chi connectivity index (χ4n) is 6.18. The van der Waals surface area contributed by atoms with Crippen molar-refractivity contribution in [2.24, 2.45) is 0 Å². The lowest BCUT2D eigenvalue weighted by Gasteiger charge is -2.15. The van der Waals surface area contributed by atoms with Crippen LogP contribution in [0.5, 0.6) is 0 Å². The topological polar surface area (TPSA) is 55.8 Å². The van der Waals surface area contributed by atoms with E-state index in [0.717, 1.165) is 25.7 Å². The van der Waals surface area contributed by atoms with Crippen molar-refractivity contribution in [2.75, 3.05) is 19.8 Å². The van der Waals surface area contributed by atoms with Gasteiger partial charge in [0.25, 0.3) is 0 Å². The summed E-state index contributed by atoms with van der Waals surface area (Å²) in [7, 11) is 0. The molecule has 0 aromatic rings. The first kappa shape index (κ1) is 47.6. The van der Waals surface area contributed by atoms with E-state index in [9.17, 15) is 9.90 Å². The molecule has 4 heteroatoms. The van der Waals surface area contributed by atoms with Gasteiger partial charge in [-0.25, -0.2) is 0 Å². The lowest BCUT2D eigenvalue weighted by atomic mass is 10.0. The number of ether oxygens (including phenoxy) is 2. The third-order valence-electron chi connectivity index (χ3n) is 9.44. The summed E-state index contributed by atoms with van der Waals surface area (Å²) < 4.78 is 11.1. The Morgan fingerprint density at radius 3 is 1.31 bits per heavy atom. The number of aliphatic hydroxyl groups is 1. The molecule has 0 saturated carbocycles. The van der Waals surface area contributed by atoms with Gasteiger partial charge in [-0.15, -0.1) is 0 Å². The minimum absolute atomic E-state index is 0.173. The van der Waals surface area contributed by atoms with E-state index in [1.165, 1.54) is 173 Å². The van der Waals surface area contributed by atoms with Gasteiger partial charge in [0, 0.05) is 13.0 Å². The summed E-state index contributed by atoms with van der Waals surface area (Å²) in [6.07, 6.45) is 53.4. The fourth-order valence-corrected chi connectivity index (χ4v) is 6.18. The van der Waals surface area contributed by atoms with Crippen molar-refractivity contribution in [2.45, 2.75) is 225 Å². The molecule has 49 heavy (non-hydrogen) atoms. The second-order valence-corrected chi connectivity index (χ2v) is 14.4. The lowest BCUT2D eigenvalue weighted by Crippen LogP contribution is -2.27. The zero-order valence-electron chi connectivity index (χ0n) is 33.0. The maximum atomic E-state index is 12.2. The van der Waals surface area contributed by atoms with Gasteiger partial charge in [-0.3, -0.25) is 4.79 Å². The molecule has 1 unspecified atom stereocenters. The highest BCUT2D eigenvalue weighted by Gasteiger charge is 2.13. The van der Waals surface area contributed by atoms with Gasteiger partial charge in [0.15, 0.2) is 0 Å². The van der Waals surface area contributed by atoms with Crippen LogP contribution in [0, 0.1) is 0 Å². The van der Waals surface area contributed by atoms with Gasteiger partial charge in [0.2, 0.25) is 0 Å². The zero-order valence-corrected chi connectivity index (χ0v) is 33.0. The number of rotatable bonds is 40. The molecule has 0 spiro atoms. The molecule has 288 valence electrons. The van der Waals surface area contributed by atoms with Crippen LogP contribution in [-0.2, 0) is 14.3 Å². The van der Waals surface area contributed by atoms with E-state index in [1.54, 1.807) is 0 Å². The molecular formula is C45H84O4. The largest absolute Gasteiger partial charge is 0.457 e. The van der Waals surface area contributed by atoms with Gasteiger partial charge in [0.1, 0.15) is 6.10 Å². The molecule has 4 nitrogen and oxygen atoms in total. The number of carbonyl (C=O) groups is 1. The predicted octanol–water partition coefficient (Wildman–Crippen LogP) is 14.1. The van der Waals surface area contributed by atoms with Gasteiger partial charge in [0.05, 0.1) is 13.2 Å². The van der Waals surface area contributed by atoms with Gasteiger partial charge in [-0.1, -0.05) is 179 Å². The van der Waals surface area contributed by atoms with Gasteiger partial charge < -0.3 is 14.6 Å². The molecule has 0 aromatic heterocycles. The van der Waals surface area contributed by atoms with Crippen LogP contribution < -0.4 is 0 Å². The Hall–Kier alpha value is -1.39. The Morgan fingerprint density at radius 1 is 0.490 bits per heavy atom. The first-order valence-electron chi connectivity index (χ1n) is 21.6. The number of esters is 1. The highest BCUT2D eigenvalue weighted by Crippen LogP contribution is 2.14. The third kappa shape index (κ3) is 40.9. The number of hydrogen-bond donors (Lipinski definition) is 1. The van der Waals surface area contributed by atoms with Crippen molar-refractivity contribution in [1.29, 1.82) is 0 Å². The van der Waals surface area contributed by atoms with Crippen LogP contribution in [0.15, 0.2) is 36.5 Å². The van der Waals surface area contributed by atoms with Crippen LogP contribution in [0.2, 0.25) is 0 Å². The van der Waals surface area contributed by atoms with Gasteiger partial charge in [-0.05, 0) is 70.6 Å². The Kier molecular flexibility index (Phi) is 41.6. The number of allylic oxidation sites excluding steroid dienone is 6. The summed E-state index contributed by atoms with van der Waals surface area (Å²) >= 11 is 0. The molecule has 0 aromatic carbocycles. The highest BCUT2D eigenvalue weighted by atomic mass is 16.6. The summed E-state index contributed by atoms with van der Waals surface area (Å²) in [5.74, 6) is -0.204. The fraction of sp³-hybridized carbons (Fsp3) is 0.844. The van der Waals surface area contributed by atoms with Crippen LogP contribution in [0.3, 0.4) is 0 Å². The second-order valence-electron chi connectivity index (χ2n) is 14.4. The molecule has 0 heterocycles. The first-order chi connectivity index (χ1) is 24.2. The maximum absolute atomic E-state index is 12.2. The molecule has 0 fully saturated rings. The van der Waals surface area contributed by atoms with Crippen molar-refractivity contribution in [3.8, 4) is 0 Å². The third-order valence-corrected chi connectivity index (χ3v) is 9.44. The minimum atomic E-state index is -0.536. The Labute approximate surface area is 306 Å². The van der Waals surface area contributed by atoms with Crippen molar-refractivity contribution in [3.05, 3.63) is 36.5 Å². The standard InChI is InChI=1S/C45H84O4/c1-3-5-7-9-11-13-15-17-19-20-21-22-23-24-25-26-27-28-30-32-34-36-38-40-45(47)49-44(42-46)43-48-41-39-37-35-33-31-29-18-16-14-12-10-8-6-4-2/h14-17,20-21,44,46H,3-13,18-19,22-43H2,1-2H3/b16-14-,17-15-,21-20-. The van der Waals surface area contributed by atoms with Crippen LogP contribution >= 0.6 is 0 Å². The van der Waals surface area contributed by atoms with E-state index in [0.29, 0.717) is 19.6 Å². The number of unbranched alkanes of at least 4 members (excludes halogenated alkanes) is 26. The zero-order chi connectivity index (χ0) is 35.6. The minimum Gasteiger partial charge on any atom is -0.457 e. The Balaban J connectivity index is 3.42. The average Bonchev–Trinajstić information content (AvgIpc) is 3.11. The smallest absolute Gasteiger partial charge is 0.306 e. The molecule has 0 amide bonds.